The Hall–Kier alpha value is -1.22. The number of carboxylic acid groups (broad SMARTS) is 1. The number of benzene rings is 1. The molecular formula is C14H17ClO3. The summed E-state index contributed by atoms with van der Waals surface area (Å²) < 4.78 is 0. The second kappa shape index (κ2) is 5.19. The SMILES string of the molecule is CC(C(=O)O)c1cc2c(c(Cl)c1O)CCCCC2. The van der Waals surface area contributed by atoms with Gasteiger partial charge < -0.3 is 10.2 Å². The largest absolute Gasteiger partial charge is 0.506 e. The first-order valence-corrected chi connectivity index (χ1v) is 6.66. The fourth-order valence-corrected chi connectivity index (χ4v) is 2.83. The van der Waals surface area contributed by atoms with Crippen LogP contribution in [0.5, 0.6) is 5.75 Å². The summed E-state index contributed by atoms with van der Waals surface area (Å²) in [5.74, 6) is -1.75. The van der Waals surface area contributed by atoms with Crippen LogP contribution in [-0.4, -0.2) is 16.2 Å². The van der Waals surface area contributed by atoms with Crippen molar-refractivity contribution in [3.63, 3.8) is 0 Å². The number of carboxylic acids is 1. The van der Waals surface area contributed by atoms with Crippen LogP contribution in [0.25, 0.3) is 0 Å². The van der Waals surface area contributed by atoms with Crippen molar-refractivity contribution in [3.8, 4) is 5.75 Å². The van der Waals surface area contributed by atoms with Crippen molar-refractivity contribution in [3.05, 3.63) is 27.8 Å². The second-order valence-electron chi connectivity index (χ2n) is 4.89. The van der Waals surface area contributed by atoms with Crippen LogP contribution in [0, 0.1) is 0 Å². The monoisotopic (exact) mass is 268 g/mol. The maximum atomic E-state index is 11.0. The van der Waals surface area contributed by atoms with Gasteiger partial charge in [0, 0.05) is 5.56 Å². The molecule has 2 rings (SSSR count). The van der Waals surface area contributed by atoms with Crippen LogP contribution in [-0.2, 0) is 17.6 Å². The molecule has 0 saturated carbocycles. The van der Waals surface area contributed by atoms with E-state index in [4.69, 9.17) is 16.7 Å². The molecule has 1 unspecified atom stereocenters. The van der Waals surface area contributed by atoms with Crippen LogP contribution < -0.4 is 0 Å². The molecule has 1 aliphatic rings. The Labute approximate surface area is 111 Å². The lowest BCUT2D eigenvalue weighted by Gasteiger charge is -2.16. The highest BCUT2D eigenvalue weighted by molar-refractivity contribution is 6.33. The van der Waals surface area contributed by atoms with Gasteiger partial charge in [0.25, 0.3) is 0 Å². The van der Waals surface area contributed by atoms with E-state index in [1.807, 2.05) is 6.07 Å². The molecule has 98 valence electrons. The minimum atomic E-state index is -0.949. The average Bonchev–Trinajstić information content (AvgIpc) is 2.58. The summed E-state index contributed by atoms with van der Waals surface area (Å²) >= 11 is 6.19. The lowest BCUT2D eigenvalue weighted by Crippen LogP contribution is -2.09. The molecule has 4 heteroatoms. The fourth-order valence-electron chi connectivity index (χ4n) is 2.50. The van der Waals surface area contributed by atoms with Crippen molar-refractivity contribution in [1.82, 2.24) is 0 Å². The van der Waals surface area contributed by atoms with Gasteiger partial charge in [0.05, 0.1) is 10.9 Å². The Morgan fingerprint density at radius 2 is 2.00 bits per heavy atom. The highest BCUT2D eigenvalue weighted by atomic mass is 35.5. The highest BCUT2D eigenvalue weighted by Crippen LogP contribution is 2.39. The number of carbonyl (C=O) groups is 1. The zero-order valence-electron chi connectivity index (χ0n) is 10.4. The molecule has 3 nitrogen and oxygen atoms in total. The Kier molecular flexibility index (Phi) is 3.81. The van der Waals surface area contributed by atoms with E-state index in [1.54, 1.807) is 6.92 Å². The van der Waals surface area contributed by atoms with Gasteiger partial charge in [0.2, 0.25) is 0 Å². The summed E-state index contributed by atoms with van der Waals surface area (Å²) in [6, 6.07) is 1.82. The standard InChI is InChI=1S/C14H17ClO3/c1-8(14(17)18)11-7-9-5-3-2-4-6-10(9)12(15)13(11)16/h7-8,16H,2-6H2,1H3,(H,17,18). The van der Waals surface area contributed by atoms with Gasteiger partial charge in [-0.05, 0) is 43.7 Å². The maximum absolute atomic E-state index is 11.0. The molecule has 0 spiro atoms. The number of phenolic OH excluding ortho intramolecular Hbond substituents is 1. The number of aryl methyl sites for hydroxylation is 1. The van der Waals surface area contributed by atoms with Crippen molar-refractivity contribution in [2.24, 2.45) is 0 Å². The first-order chi connectivity index (χ1) is 8.52. The molecule has 1 aromatic carbocycles. The van der Waals surface area contributed by atoms with E-state index >= 15 is 0 Å². The normalized spacial score (nSPS) is 16.8. The lowest BCUT2D eigenvalue weighted by molar-refractivity contribution is -0.138. The van der Waals surface area contributed by atoms with Crippen LogP contribution in [0.4, 0.5) is 0 Å². The molecule has 0 aromatic heterocycles. The van der Waals surface area contributed by atoms with Gasteiger partial charge in [0.1, 0.15) is 5.75 Å². The Morgan fingerprint density at radius 3 is 2.67 bits per heavy atom. The molecule has 0 saturated heterocycles. The number of hydrogen-bond donors (Lipinski definition) is 2. The van der Waals surface area contributed by atoms with Crippen LogP contribution in [0.2, 0.25) is 5.02 Å². The van der Waals surface area contributed by atoms with Crippen molar-refractivity contribution >= 4 is 17.6 Å². The second-order valence-corrected chi connectivity index (χ2v) is 5.26. The van der Waals surface area contributed by atoms with Crippen LogP contribution in [0.3, 0.4) is 0 Å². The molecule has 0 heterocycles. The molecule has 1 atom stereocenters. The van der Waals surface area contributed by atoms with Crippen molar-refractivity contribution in [2.75, 3.05) is 0 Å². The van der Waals surface area contributed by atoms with E-state index in [1.165, 1.54) is 0 Å². The molecular weight excluding hydrogens is 252 g/mol. The van der Waals surface area contributed by atoms with E-state index in [2.05, 4.69) is 0 Å². The van der Waals surface area contributed by atoms with Gasteiger partial charge in [-0.3, -0.25) is 4.79 Å². The molecule has 18 heavy (non-hydrogen) atoms. The fraction of sp³-hybridized carbons (Fsp3) is 0.500. The van der Waals surface area contributed by atoms with Crippen LogP contribution in [0.15, 0.2) is 6.07 Å². The number of rotatable bonds is 2. The molecule has 0 radical (unpaired) electrons. The van der Waals surface area contributed by atoms with E-state index in [0.717, 1.165) is 43.2 Å². The van der Waals surface area contributed by atoms with E-state index in [-0.39, 0.29) is 5.75 Å². The Balaban J connectivity index is 2.53. The molecule has 0 fully saturated rings. The van der Waals surface area contributed by atoms with Crippen LogP contribution in [0.1, 0.15) is 48.8 Å². The van der Waals surface area contributed by atoms with Gasteiger partial charge in [0.15, 0.2) is 0 Å². The summed E-state index contributed by atoms with van der Waals surface area (Å²) in [5, 5.41) is 19.5. The first-order valence-electron chi connectivity index (χ1n) is 6.28. The molecule has 0 aliphatic heterocycles. The third-order valence-electron chi connectivity index (χ3n) is 3.67. The quantitative estimate of drug-likeness (QED) is 0.807. The summed E-state index contributed by atoms with van der Waals surface area (Å²) in [7, 11) is 0. The molecule has 1 aromatic rings. The van der Waals surface area contributed by atoms with Gasteiger partial charge in [-0.1, -0.05) is 24.1 Å². The zero-order valence-corrected chi connectivity index (χ0v) is 11.1. The molecule has 0 bridgehead atoms. The molecule has 0 amide bonds. The van der Waals surface area contributed by atoms with E-state index in [9.17, 15) is 9.90 Å². The minimum absolute atomic E-state index is 0.0628. The van der Waals surface area contributed by atoms with Crippen molar-refractivity contribution < 1.29 is 15.0 Å². The predicted octanol–water partition coefficient (Wildman–Crippen LogP) is 3.50. The smallest absolute Gasteiger partial charge is 0.310 e. The molecule has 2 N–H and O–H groups in total. The number of fused-ring (bicyclic) bond motifs is 1. The summed E-state index contributed by atoms with van der Waals surface area (Å²) in [6.45, 7) is 1.57. The number of hydrogen-bond acceptors (Lipinski definition) is 2. The Morgan fingerprint density at radius 1 is 1.33 bits per heavy atom. The third-order valence-corrected chi connectivity index (χ3v) is 4.08. The number of halogens is 1. The predicted molar refractivity (Wildman–Crippen MR) is 70.4 cm³/mol. The third kappa shape index (κ3) is 2.32. The first kappa shape index (κ1) is 13.2. The average molecular weight is 269 g/mol. The van der Waals surface area contributed by atoms with Gasteiger partial charge in [-0.25, -0.2) is 0 Å². The van der Waals surface area contributed by atoms with Crippen molar-refractivity contribution in [2.45, 2.75) is 44.9 Å². The summed E-state index contributed by atoms with van der Waals surface area (Å²) in [5.41, 5.74) is 2.51. The van der Waals surface area contributed by atoms with Crippen LogP contribution >= 0.6 is 11.6 Å². The summed E-state index contributed by atoms with van der Waals surface area (Å²) in [6.07, 6.45) is 5.09. The van der Waals surface area contributed by atoms with E-state index < -0.39 is 11.9 Å². The number of aromatic hydroxyl groups is 1. The maximum Gasteiger partial charge on any atom is 0.310 e. The van der Waals surface area contributed by atoms with Gasteiger partial charge in [-0.2, -0.15) is 0 Å². The minimum Gasteiger partial charge on any atom is -0.506 e. The van der Waals surface area contributed by atoms with Gasteiger partial charge >= 0.3 is 5.97 Å². The summed E-state index contributed by atoms with van der Waals surface area (Å²) in [4.78, 5) is 11.0. The van der Waals surface area contributed by atoms with E-state index in [0.29, 0.717) is 10.6 Å². The number of aliphatic carboxylic acids is 1. The number of phenols is 1. The topological polar surface area (TPSA) is 57.5 Å². The highest BCUT2D eigenvalue weighted by Gasteiger charge is 2.23. The molecule has 1 aliphatic carbocycles. The zero-order chi connectivity index (χ0) is 13.3. The Bertz CT molecular complexity index is 482. The van der Waals surface area contributed by atoms with Gasteiger partial charge in [-0.15, -0.1) is 0 Å². The lowest BCUT2D eigenvalue weighted by atomic mass is 9.93. The van der Waals surface area contributed by atoms with Crippen molar-refractivity contribution in [1.29, 1.82) is 0 Å².